The Labute approximate surface area is 102 Å². The second kappa shape index (κ2) is 8.08. The van der Waals surface area contributed by atoms with Gasteiger partial charge in [-0.15, -0.1) is 0 Å². The second-order valence-corrected chi connectivity index (χ2v) is 5.27. The van der Waals surface area contributed by atoms with Gasteiger partial charge in [0.15, 0.2) is 0 Å². The molecule has 0 bridgehead atoms. The first-order valence-electron chi connectivity index (χ1n) is 7.22. The maximum Gasteiger partial charge on any atom is 0.00790 e. The summed E-state index contributed by atoms with van der Waals surface area (Å²) in [6.07, 6.45) is 6.94. The van der Waals surface area contributed by atoms with Gasteiger partial charge < -0.3 is 10.2 Å². The Balaban J connectivity index is 2.12. The average molecular weight is 226 g/mol. The molecule has 1 aliphatic rings. The molecule has 0 aromatic heterocycles. The van der Waals surface area contributed by atoms with E-state index < -0.39 is 0 Å². The summed E-state index contributed by atoms with van der Waals surface area (Å²) in [5.74, 6) is 1.01. The number of hydrogen-bond donors (Lipinski definition) is 1. The van der Waals surface area contributed by atoms with Crippen molar-refractivity contribution in [1.82, 2.24) is 10.2 Å². The first kappa shape index (κ1) is 14.0. The van der Waals surface area contributed by atoms with Crippen LogP contribution in [0.3, 0.4) is 0 Å². The highest BCUT2D eigenvalue weighted by Gasteiger charge is 2.22. The SMILES string of the molecule is CCCNCCC(C)N(CC)CC1CCC1. The molecular formula is C14H30N2. The fraction of sp³-hybridized carbons (Fsp3) is 1.00. The van der Waals surface area contributed by atoms with E-state index in [9.17, 15) is 0 Å². The van der Waals surface area contributed by atoms with Crippen LogP contribution in [-0.4, -0.2) is 37.1 Å². The number of nitrogens with zero attached hydrogens (tertiary/aromatic N) is 1. The molecule has 0 radical (unpaired) electrons. The van der Waals surface area contributed by atoms with E-state index in [2.05, 4.69) is 31.0 Å². The lowest BCUT2D eigenvalue weighted by Gasteiger charge is -2.35. The molecule has 1 unspecified atom stereocenters. The zero-order valence-electron chi connectivity index (χ0n) is 11.5. The molecule has 0 amide bonds. The smallest absolute Gasteiger partial charge is 0.00790 e. The zero-order valence-corrected chi connectivity index (χ0v) is 11.5. The van der Waals surface area contributed by atoms with Crippen molar-refractivity contribution in [2.24, 2.45) is 5.92 Å². The molecular weight excluding hydrogens is 196 g/mol. The van der Waals surface area contributed by atoms with Crippen LogP contribution in [0.4, 0.5) is 0 Å². The van der Waals surface area contributed by atoms with Crippen molar-refractivity contribution in [2.75, 3.05) is 26.2 Å². The lowest BCUT2D eigenvalue weighted by Crippen LogP contribution is -2.40. The second-order valence-electron chi connectivity index (χ2n) is 5.27. The molecule has 0 saturated heterocycles. The monoisotopic (exact) mass is 226 g/mol. The predicted octanol–water partition coefficient (Wildman–Crippen LogP) is 2.89. The lowest BCUT2D eigenvalue weighted by molar-refractivity contribution is 0.141. The standard InChI is InChI=1S/C14H30N2/c1-4-10-15-11-9-13(3)16(5-2)12-14-7-6-8-14/h13-15H,4-12H2,1-3H3. The van der Waals surface area contributed by atoms with Gasteiger partial charge in [0.2, 0.25) is 0 Å². The Hall–Kier alpha value is -0.0800. The van der Waals surface area contributed by atoms with Crippen molar-refractivity contribution in [1.29, 1.82) is 0 Å². The molecule has 1 N–H and O–H groups in total. The third-order valence-corrected chi connectivity index (χ3v) is 3.91. The number of rotatable bonds is 9. The van der Waals surface area contributed by atoms with Gasteiger partial charge in [-0.05, 0) is 58.2 Å². The average Bonchev–Trinajstić information content (AvgIpc) is 2.23. The van der Waals surface area contributed by atoms with E-state index in [4.69, 9.17) is 0 Å². The molecule has 0 spiro atoms. The largest absolute Gasteiger partial charge is 0.317 e. The normalized spacial score (nSPS) is 18.8. The van der Waals surface area contributed by atoms with Crippen molar-refractivity contribution in [2.45, 2.75) is 58.9 Å². The maximum absolute atomic E-state index is 3.50. The fourth-order valence-corrected chi connectivity index (χ4v) is 2.42. The third kappa shape index (κ3) is 4.84. The van der Waals surface area contributed by atoms with E-state index in [1.54, 1.807) is 0 Å². The molecule has 96 valence electrons. The van der Waals surface area contributed by atoms with Crippen molar-refractivity contribution in [3.05, 3.63) is 0 Å². The maximum atomic E-state index is 3.50. The van der Waals surface area contributed by atoms with Gasteiger partial charge in [0.25, 0.3) is 0 Å². The molecule has 1 atom stereocenters. The Bertz CT molecular complexity index is 166. The molecule has 2 heteroatoms. The topological polar surface area (TPSA) is 15.3 Å². The Morgan fingerprint density at radius 3 is 2.50 bits per heavy atom. The molecule has 16 heavy (non-hydrogen) atoms. The first-order chi connectivity index (χ1) is 7.77. The Kier molecular flexibility index (Phi) is 7.06. The van der Waals surface area contributed by atoms with Gasteiger partial charge in [0.1, 0.15) is 0 Å². The minimum Gasteiger partial charge on any atom is -0.317 e. The van der Waals surface area contributed by atoms with Crippen LogP contribution in [0.2, 0.25) is 0 Å². The highest BCUT2D eigenvalue weighted by atomic mass is 15.1. The van der Waals surface area contributed by atoms with Crippen LogP contribution in [0.5, 0.6) is 0 Å². The van der Waals surface area contributed by atoms with Crippen molar-refractivity contribution < 1.29 is 0 Å². The minimum atomic E-state index is 0.745. The van der Waals surface area contributed by atoms with Crippen LogP contribution in [-0.2, 0) is 0 Å². The summed E-state index contributed by atoms with van der Waals surface area (Å²) in [5, 5.41) is 3.50. The van der Waals surface area contributed by atoms with Gasteiger partial charge >= 0.3 is 0 Å². The summed E-state index contributed by atoms with van der Waals surface area (Å²) in [6.45, 7) is 11.8. The van der Waals surface area contributed by atoms with Gasteiger partial charge in [0.05, 0.1) is 0 Å². The van der Waals surface area contributed by atoms with Crippen LogP contribution in [0, 0.1) is 5.92 Å². The Morgan fingerprint density at radius 2 is 2.00 bits per heavy atom. The Morgan fingerprint density at radius 1 is 1.25 bits per heavy atom. The van der Waals surface area contributed by atoms with Crippen molar-refractivity contribution in [3.63, 3.8) is 0 Å². The molecule has 0 heterocycles. The van der Waals surface area contributed by atoms with Crippen LogP contribution in [0.25, 0.3) is 0 Å². The first-order valence-corrected chi connectivity index (χ1v) is 7.22. The van der Waals surface area contributed by atoms with Gasteiger partial charge in [-0.1, -0.05) is 20.3 Å². The summed E-state index contributed by atoms with van der Waals surface area (Å²) in [6, 6.07) is 0.745. The zero-order chi connectivity index (χ0) is 11.8. The van der Waals surface area contributed by atoms with E-state index in [-0.39, 0.29) is 0 Å². The molecule has 1 rings (SSSR count). The summed E-state index contributed by atoms with van der Waals surface area (Å²) in [5.41, 5.74) is 0. The summed E-state index contributed by atoms with van der Waals surface area (Å²) >= 11 is 0. The summed E-state index contributed by atoms with van der Waals surface area (Å²) in [7, 11) is 0. The van der Waals surface area contributed by atoms with Crippen LogP contribution < -0.4 is 5.32 Å². The molecule has 1 saturated carbocycles. The summed E-state index contributed by atoms with van der Waals surface area (Å²) < 4.78 is 0. The quantitative estimate of drug-likeness (QED) is 0.608. The van der Waals surface area contributed by atoms with Crippen LogP contribution >= 0.6 is 0 Å². The highest BCUT2D eigenvalue weighted by Crippen LogP contribution is 2.27. The highest BCUT2D eigenvalue weighted by molar-refractivity contribution is 4.76. The van der Waals surface area contributed by atoms with Gasteiger partial charge in [-0.25, -0.2) is 0 Å². The van der Waals surface area contributed by atoms with E-state index in [1.807, 2.05) is 0 Å². The molecule has 0 aromatic carbocycles. The predicted molar refractivity (Wildman–Crippen MR) is 71.8 cm³/mol. The van der Waals surface area contributed by atoms with Gasteiger partial charge in [-0.3, -0.25) is 0 Å². The lowest BCUT2D eigenvalue weighted by atomic mass is 9.85. The van der Waals surface area contributed by atoms with E-state index in [0.717, 1.165) is 12.0 Å². The molecule has 1 aliphatic carbocycles. The minimum absolute atomic E-state index is 0.745. The summed E-state index contributed by atoms with van der Waals surface area (Å²) in [4.78, 5) is 2.66. The van der Waals surface area contributed by atoms with Gasteiger partial charge in [0, 0.05) is 12.6 Å². The van der Waals surface area contributed by atoms with Crippen molar-refractivity contribution >= 4 is 0 Å². The molecule has 2 nitrogen and oxygen atoms in total. The molecule has 0 aliphatic heterocycles. The molecule has 1 fully saturated rings. The fourth-order valence-electron chi connectivity index (χ4n) is 2.42. The van der Waals surface area contributed by atoms with E-state index >= 15 is 0 Å². The van der Waals surface area contributed by atoms with Crippen molar-refractivity contribution in [3.8, 4) is 0 Å². The van der Waals surface area contributed by atoms with Gasteiger partial charge in [-0.2, -0.15) is 0 Å². The third-order valence-electron chi connectivity index (χ3n) is 3.91. The van der Waals surface area contributed by atoms with Crippen LogP contribution in [0.15, 0.2) is 0 Å². The number of hydrogen-bond acceptors (Lipinski definition) is 2. The number of nitrogens with one attached hydrogen (secondary N) is 1. The van der Waals surface area contributed by atoms with E-state index in [0.29, 0.717) is 0 Å². The van der Waals surface area contributed by atoms with Crippen LogP contribution in [0.1, 0.15) is 52.9 Å². The van der Waals surface area contributed by atoms with E-state index in [1.165, 1.54) is 58.3 Å². The molecule has 0 aromatic rings.